The van der Waals surface area contributed by atoms with Crippen molar-refractivity contribution in [1.82, 2.24) is 4.90 Å². The van der Waals surface area contributed by atoms with Crippen molar-refractivity contribution >= 4 is 0 Å². The van der Waals surface area contributed by atoms with E-state index in [1.807, 2.05) is 19.0 Å². The minimum atomic E-state index is -0.465. The van der Waals surface area contributed by atoms with Crippen LogP contribution in [0.2, 0.25) is 0 Å². The molecule has 1 aliphatic heterocycles. The van der Waals surface area contributed by atoms with Gasteiger partial charge in [-0.25, -0.2) is 0 Å². The second-order valence-corrected chi connectivity index (χ2v) is 4.67. The Balaban J connectivity index is 2.48. The van der Waals surface area contributed by atoms with Crippen molar-refractivity contribution in [2.75, 3.05) is 33.9 Å². The van der Waals surface area contributed by atoms with Crippen LogP contribution in [0.4, 0.5) is 0 Å². The van der Waals surface area contributed by atoms with E-state index in [2.05, 4.69) is 6.07 Å². The van der Waals surface area contributed by atoms with Gasteiger partial charge in [0.1, 0.15) is 0 Å². The third-order valence-electron chi connectivity index (χ3n) is 2.76. The Morgan fingerprint density at radius 2 is 2.33 bits per heavy atom. The molecule has 1 N–H and O–H groups in total. The number of rotatable bonds is 4. The third kappa shape index (κ3) is 3.78. The van der Waals surface area contributed by atoms with E-state index < -0.39 is 11.5 Å². The highest BCUT2D eigenvalue weighted by molar-refractivity contribution is 5.01. The predicted octanol–water partition coefficient (Wildman–Crippen LogP) is 0.619. The Bertz CT molecular complexity index is 229. The van der Waals surface area contributed by atoms with E-state index in [1.54, 1.807) is 0 Å². The maximum absolute atomic E-state index is 9.82. The number of hydrogen-bond acceptors (Lipinski definition) is 4. The van der Waals surface area contributed by atoms with Gasteiger partial charge in [-0.15, -0.1) is 0 Å². The van der Waals surface area contributed by atoms with E-state index in [-0.39, 0.29) is 0 Å². The molecule has 4 nitrogen and oxygen atoms in total. The topological polar surface area (TPSA) is 56.5 Å². The highest BCUT2D eigenvalue weighted by Crippen LogP contribution is 2.32. The van der Waals surface area contributed by atoms with Gasteiger partial charge in [-0.1, -0.05) is 0 Å². The lowest BCUT2D eigenvalue weighted by atomic mass is 9.79. The van der Waals surface area contributed by atoms with Crippen LogP contribution in [0.5, 0.6) is 0 Å². The van der Waals surface area contributed by atoms with Gasteiger partial charge < -0.3 is 14.7 Å². The quantitative estimate of drug-likeness (QED) is 0.742. The Kier molecular flexibility index (Phi) is 4.52. The lowest BCUT2D eigenvalue weighted by molar-refractivity contribution is -0.00895. The Labute approximate surface area is 91.4 Å². The van der Waals surface area contributed by atoms with Crippen molar-refractivity contribution in [3.63, 3.8) is 0 Å². The molecule has 86 valence electrons. The number of likely N-dealkylation sites (N-methyl/N-ethyl adjacent to an activating group) is 1. The van der Waals surface area contributed by atoms with Crippen molar-refractivity contribution in [3.8, 4) is 6.07 Å². The predicted molar refractivity (Wildman–Crippen MR) is 57.3 cm³/mol. The summed E-state index contributed by atoms with van der Waals surface area (Å²) in [6.07, 6.45) is 1.83. The number of ether oxygens (including phenoxy) is 1. The molecule has 0 spiro atoms. The van der Waals surface area contributed by atoms with Gasteiger partial charge in [-0.2, -0.15) is 5.26 Å². The smallest absolute Gasteiger partial charge is 0.0832 e. The first kappa shape index (κ1) is 12.4. The summed E-state index contributed by atoms with van der Waals surface area (Å²) in [5.74, 6) is 0. The van der Waals surface area contributed by atoms with Crippen molar-refractivity contribution in [3.05, 3.63) is 0 Å². The summed E-state index contributed by atoms with van der Waals surface area (Å²) >= 11 is 0. The molecule has 0 aromatic heterocycles. The second kappa shape index (κ2) is 5.45. The average molecular weight is 212 g/mol. The van der Waals surface area contributed by atoms with E-state index in [4.69, 9.17) is 10.00 Å². The van der Waals surface area contributed by atoms with Crippen LogP contribution in [0, 0.1) is 16.7 Å². The SMILES string of the molecule is CN(C)C[C@@H](O)C[C@@]1(C#N)CCCOC1. The molecule has 2 atom stereocenters. The molecule has 0 aromatic rings. The van der Waals surface area contributed by atoms with Crippen LogP contribution >= 0.6 is 0 Å². The molecule has 1 saturated heterocycles. The van der Waals surface area contributed by atoms with Crippen LogP contribution in [-0.2, 0) is 4.74 Å². The van der Waals surface area contributed by atoms with Crippen molar-refractivity contribution in [2.45, 2.75) is 25.4 Å². The van der Waals surface area contributed by atoms with Gasteiger partial charge in [0.05, 0.1) is 24.2 Å². The molecule has 0 bridgehead atoms. The first-order valence-corrected chi connectivity index (χ1v) is 5.40. The van der Waals surface area contributed by atoms with E-state index in [0.29, 0.717) is 19.6 Å². The molecule has 15 heavy (non-hydrogen) atoms. The largest absolute Gasteiger partial charge is 0.392 e. The summed E-state index contributed by atoms with van der Waals surface area (Å²) in [5, 5.41) is 19.0. The lowest BCUT2D eigenvalue weighted by Gasteiger charge is -2.32. The summed E-state index contributed by atoms with van der Waals surface area (Å²) < 4.78 is 5.33. The van der Waals surface area contributed by atoms with Crippen LogP contribution in [0.1, 0.15) is 19.3 Å². The fourth-order valence-corrected chi connectivity index (χ4v) is 2.08. The molecule has 1 rings (SSSR count). The van der Waals surface area contributed by atoms with Gasteiger partial charge in [-0.05, 0) is 33.4 Å². The fourth-order valence-electron chi connectivity index (χ4n) is 2.08. The molecule has 1 heterocycles. The molecule has 1 fully saturated rings. The molecule has 4 heteroatoms. The second-order valence-electron chi connectivity index (χ2n) is 4.67. The fraction of sp³-hybridized carbons (Fsp3) is 0.909. The van der Waals surface area contributed by atoms with Crippen LogP contribution in [0.25, 0.3) is 0 Å². The zero-order valence-corrected chi connectivity index (χ0v) is 9.57. The number of hydrogen-bond donors (Lipinski definition) is 1. The minimum absolute atomic E-state index is 0.443. The number of aliphatic hydroxyl groups is 1. The Hall–Kier alpha value is -0.630. The normalized spacial score (nSPS) is 28.7. The summed E-state index contributed by atoms with van der Waals surface area (Å²) in [5.41, 5.74) is -0.465. The highest BCUT2D eigenvalue weighted by Gasteiger charge is 2.35. The summed E-state index contributed by atoms with van der Waals surface area (Å²) in [7, 11) is 3.83. The van der Waals surface area contributed by atoms with E-state index >= 15 is 0 Å². The van der Waals surface area contributed by atoms with Gasteiger partial charge in [0, 0.05) is 13.2 Å². The lowest BCUT2D eigenvalue weighted by Crippen LogP contribution is -2.37. The van der Waals surface area contributed by atoms with Gasteiger partial charge >= 0.3 is 0 Å². The zero-order valence-electron chi connectivity index (χ0n) is 9.57. The maximum atomic E-state index is 9.82. The van der Waals surface area contributed by atoms with E-state index in [1.165, 1.54) is 0 Å². The van der Waals surface area contributed by atoms with Gasteiger partial charge in [0.2, 0.25) is 0 Å². The van der Waals surface area contributed by atoms with E-state index in [9.17, 15) is 5.11 Å². The van der Waals surface area contributed by atoms with E-state index in [0.717, 1.165) is 19.4 Å². The van der Waals surface area contributed by atoms with Gasteiger partial charge in [0.15, 0.2) is 0 Å². The molecule has 0 aliphatic carbocycles. The van der Waals surface area contributed by atoms with Crippen LogP contribution < -0.4 is 0 Å². The van der Waals surface area contributed by atoms with Crippen molar-refractivity contribution in [1.29, 1.82) is 5.26 Å². The molecular weight excluding hydrogens is 192 g/mol. The molecule has 0 aromatic carbocycles. The number of aliphatic hydroxyl groups excluding tert-OH is 1. The zero-order chi connectivity index (χ0) is 11.3. The molecule has 0 amide bonds. The highest BCUT2D eigenvalue weighted by atomic mass is 16.5. The molecule has 0 unspecified atom stereocenters. The summed E-state index contributed by atoms with van der Waals surface area (Å²) in [4.78, 5) is 1.93. The minimum Gasteiger partial charge on any atom is -0.392 e. The molecule has 0 saturated carbocycles. The van der Waals surface area contributed by atoms with Crippen molar-refractivity contribution < 1.29 is 9.84 Å². The number of nitriles is 1. The van der Waals surface area contributed by atoms with Crippen LogP contribution in [0.3, 0.4) is 0 Å². The Morgan fingerprint density at radius 3 is 2.80 bits per heavy atom. The monoisotopic (exact) mass is 212 g/mol. The third-order valence-corrected chi connectivity index (χ3v) is 2.76. The van der Waals surface area contributed by atoms with Crippen LogP contribution in [0.15, 0.2) is 0 Å². The van der Waals surface area contributed by atoms with Gasteiger partial charge in [-0.3, -0.25) is 0 Å². The van der Waals surface area contributed by atoms with Crippen LogP contribution in [-0.4, -0.2) is 50.0 Å². The number of nitrogens with zero attached hydrogens (tertiary/aromatic N) is 2. The first-order valence-electron chi connectivity index (χ1n) is 5.40. The summed E-state index contributed by atoms with van der Waals surface area (Å²) in [6.45, 7) is 1.81. The molecular formula is C11H20N2O2. The summed E-state index contributed by atoms with van der Waals surface area (Å²) in [6, 6.07) is 2.32. The molecule has 1 aliphatic rings. The van der Waals surface area contributed by atoms with Crippen molar-refractivity contribution in [2.24, 2.45) is 5.41 Å². The Morgan fingerprint density at radius 1 is 1.60 bits per heavy atom. The standard InChI is InChI=1S/C11H20N2O2/c1-13(2)7-10(14)6-11(8-12)4-3-5-15-9-11/h10,14H,3-7,9H2,1-2H3/t10-,11+/m0/s1. The molecule has 0 radical (unpaired) electrons. The maximum Gasteiger partial charge on any atom is 0.0832 e. The first-order chi connectivity index (χ1) is 7.08. The van der Waals surface area contributed by atoms with Gasteiger partial charge in [0.25, 0.3) is 0 Å². The average Bonchev–Trinajstić information content (AvgIpc) is 2.17.